The lowest BCUT2D eigenvalue weighted by Gasteiger charge is -2.28. The second-order valence-corrected chi connectivity index (χ2v) is 6.51. The van der Waals surface area contributed by atoms with E-state index in [1.807, 2.05) is 4.90 Å². The van der Waals surface area contributed by atoms with Crippen molar-refractivity contribution in [2.75, 3.05) is 11.4 Å². The number of fused-ring (bicyclic) bond motifs is 1. The fourth-order valence-corrected chi connectivity index (χ4v) is 3.36. The summed E-state index contributed by atoms with van der Waals surface area (Å²) in [5, 5.41) is 10.4. The predicted octanol–water partition coefficient (Wildman–Crippen LogP) is 3.19. The van der Waals surface area contributed by atoms with Gasteiger partial charge in [0.25, 0.3) is 5.56 Å². The van der Waals surface area contributed by atoms with E-state index < -0.39 is 17.3 Å². The molecule has 3 aromatic rings. The van der Waals surface area contributed by atoms with Crippen LogP contribution in [0.3, 0.4) is 0 Å². The van der Waals surface area contributed by atoms with Crippen LogP contribution in [0, 0.1) is 0 Å². The molecule has 0 unspecified atom stereocenters. The Kier molecular flexibility index (Phi) is 4.18. The lowest BCUT2D eigenvalue weighted by atomic mass is 10.1. The molecule has 27 heavy (non-hydrogen) atoms. The first kappa shape index (κ1) is 17.6. The first-order chi connectivity index (χ1) is 12.8. The summed E-state index contributed by atoms with van der Waals surface area (Å²) < 4.78 is 41.1. The monoisotopic (exact) mass is 395 g/mol. The van der Waals surface area contributed by atoms with Gasteiger partial charge in [0.05, 0.1) is 28.8 Å². The van der Waals surface area contributed by atoms with E-state index in [9.17, 15) is 18.0 Å². The van der Waals surface area contributed by atoms with Gasteiger partial charge in [-0.1, -0.05) is 23.7 Å². The molecule has 0 bridgehead atoms. The minimum Gasteiger partial charge on any atom is -0.364 e. The number of alkyl halides is 3. The SMILES string of the molecule is O=c1[nH]ncc(N2CCc3nn(-c4ccccc4C(F)(F)F)cc3C2)c1Cl. The van der Waals surface area contributed by atoms with Crippen LogP contribution in [0.1, 0.15) is 16.8 Å². The predicted molar refractivity (Wildman–Crippen MR) is 93.2 cm³/mol. The molecule has 0 aliphatic carbocycles. The van der Waals surface area contributed by atoms with E-state index in [2.05, 4.69) is 15.3 Å². The Morgan fingerprint density at radius 3 is 2.74 bits per heavy atom. The van der Waals surface area contributed by atoms with Crippen LogP contribution >= 0.6 is 11.6 Å². The molecule has 0 saturated carbocycles. The van der Waals surface area contributed by atoms with Gasteiger partial charge in [-0.3, -0.25) is 4.79 Å². The van der Waals surface area contributed by atoms with Crippen LogP contribution in [0.4, 0.5) is 18.9 Å². The maximum absolute atomic E-state index is 13.3. The maximum atomic E-state index is 13.3. The number of nitrogens with zero attached hydrogens (tertiary/aromatic N) is 4. The van der Waals surface area contributed by atoms with Crippen LogP contribution in [0.5, 0.6) is 0 Å². The summed E-state index contributed by atoms with van der Waals surface area (Å²) in [6.07, 6.45) is -0.919. The van der Waals surface area contributed by atoms with E-state index in [0.29, 0.717) is 25.2 Å². The molecule has 1 aliphatic heterocycles. The first-order valence-corrected chi connectivity index (χ1v) is 8.44. The number of anilines is 1. The lowest BCUT2D eigenvalue weighted by molar-refractivity contribution is -0.137. The number of aromatic amines is 1. The van der Waals surface area contributed by atoms with Gasteiger partial charge in [-0.15, -0.1) is 0 Å². The smallest absolute Gasteiger partial charge is 0.364 e. The van der Waals surface area contributed by atoms with Gasteiger partial charge < -0.3 is 4.90 Å². The highest BCUT2D eigenvalue weighted by Crippen LogP contribution is 2.34. The summed E-state index contributed by atoms with van der Waals surface area (Å²) in [6, 6.07) is 5.30. The molecular weight excluding hydrogens is 383 g/mol. The molecule has 2 aromatic heterocycles. The van der Waals surface area contributed by atoms with Crippen molar-refractivity contribution in [3.05, 3.63) is 68.9 Å². The molecule has 0 radical (unpaired) electrons. The van der Waals surface area contributed by atoms with Gasteiger partial charge in [-0.25, -0.2) is 9.78 Å². The van der Waals surface area contributed by atoms with Crippen molar-refractivity contribution in [1.29, 1.82) is 0 Å². The van der Waals surface area contributed by atoms with Gasteiger partial charge in [0.15, 0.2) is 0 Å². The highest BCUT2D eigenvalue weighted by Gasteiger charge is 2.34. The third-order valence-corrected chi connectivity index (χ3v) is 4.80. The standard InChI is InChI=1S/C17H13ClF3N5O/c18-15-14(7-22-23-16(15)27)25-6-5-12-10(8-25)9-26(24-12)13-4-2-1-3-11(13)17(19,20)21/h1-4,7,9H,5-6,8H2,(H,23,27). The number of H-pyrrole nitrogens is 1. The summed E-state index contributed by atoms with van der Waals surface area (Å²) in [6.45, 7) is 0.893. The van der Waals surface area contributed by atoms with Gasteiger partial charge in [-0.2, -0.15) is 23.4 Å². The molecule has 0 atom stereocenters. The fraction of sp³-hybridized carbons (Fsp3) is 0.235. The largest absolute Gasteiger partial charge is 0.418 e. The summed E-state index contributed by atoms with van der Waals surface area (Å²) >= 11 is 6.05. The number of benzene rings is 1. The van der Waals surface area contributed by atoms with E-state index in [1.54, 1.807) is 12.3 Å². The summed E-state index contributed by atoms with van der Waals surface area (Å²) in [5.41, 5.74) is 0.710. The molecule has 4 rings (SSSR count). The van der Waals surface area contributed by atoms with Crippen LogP contribution < -0.4 is 10.5 Å². The van der Waals surface area contributed by atoms with Gasteiger partial charge in [0.1, 0.15) is 5.02 Å². The molecule has 0 fully saturated rings. The number of aromatic nitrogens is 4. The van der Waals surface area contributed by atoms with E-state index in [4.69, 9.17) is 11.6 Å². The van der Waals surface area contributed by atoms with Crippen molar-refractivity contribution in [2.45, 2.75) is 19.1 Å². The maximum Gasteiger partial charge on any atom is 0.418 e. The Labute approximate surface area is 156 Å². The van der Waals surface area contributed by atoms with Gasteiger partial charge in [-0.05, 0) is 12.1 Å². The second kappa shape index (κ2) is 6.41. The van der Waals surface area contributed by atoms with E-state index in [0.717, 1.165) is 17.3 Å². The molecule has 3 heterocycles. The van der Waals surface area contributed by atoms with Gasteiger partial charge in [0.2, 0.25) is 0 Å². The zero-order chi connectivity index (χ0) is 19.2. The molecule has 1 N–H and O–H groups in total. The zero-order valence-corrected chi connectivity index (χ0v) is 14.6. The van der Waals surface area contributed by atoms with Crippen molar-refractivity contribution < 1.29 is 13.2 Å². The minimum atomic E-state index is -4.47. The Morgan fingerprint density at radius 1 is 1.19 bits per heavy atom. The van der Waals surface area contributed by atoms with Crippen molar-refractivity contribution in [3.63, 3.8) is 0 Å². The van der Waals surface area contributed by atoms with Crippen LogP contribution in [-0.4, -0.2) is 26.5 Å². The minimum absolute atomic E-state index is 0.0261. The molecule has 1 aromatic carbocycles. The molecule has 0 amide bonds. The van der Waals surface area contributed by atoms with E-state index in [1.165, 1.54) is 23.0 Å². The van der Waals surface area contributed by atoms with Crippen molar-refractivity contribution in [2.24, 2.45) is 0 Å². The Hall–Kier alpha value is -2.81. The van der Waals surface area contributed by atoms with Gasteiger partial charge >= 0.3 is 6.18 Å². The number of nitrogens with one attached hydrogen (secondary N) is 1. The first-order valence-electron chi connectivity index (χ1n) is 8.07. The van der Waals surface area contributed by atoms with Crippen molar-refractivity contribution >= 4 is 17.3 Å². The highest BCUT2D eigenvalue weighted by molar-refractivity contribution is 6.32. The number of hydrogen-bond donors (Lipinski definition) is 1. The van der Waals surface area contributed by atoms with Crippen molar-refractivity contribution in [1.82, 2.24) is 20.0 Å². The Morgan fingerprint density at radius 2 is 1.96 bits per heavy atom. The lowest BCUT2D eigenvalue weighted by Crippen LogP contribution is -2.31. The number of para-hydroxylation sites is 1. The topological polar surface area (TPSA) is 66.8 Å². The zero-order valence-electron chi connectivity index (χ0n) is 13.8. The van der Waals surface area contributed by atoms with Gasteiger partial charge in [0, 0.05) is 31.3 Å². The molecule has 10 heteroatoms. The number of hydrogen-bond acceptors (Lipinski definition) is 4. The van der Waals surface area contributed by atoms with Crippen LogP contribution in [0.2, 0.25) is 5.02 Å². The van der Waals surface area contributed by atoms with E-state index >= 15 is 0 Å². The Bertz CT molecular complexity index is 1060. The summed E-state index contributed by atoms with van der Waals surface area (Å²) in [5.74, 6) is 0. The quantitative estimate of drug-likeness (QED) is 0.723. The fourth-order valence-electron chi connectivity index (χ4n) is 3.15. The average molecular weight is 396 g/mol. The molecule has 0 saturated heterocycles. The molecule has 140 valence electrons. The summed E-state index contributed by atoms with van der Waals surface area (Å²) in [7, 11) is 0. The molecule has 0 spiro atoms. The second-order valence-electron chi connectivity index (χ2n) is 6.13. The van der Waals surface area contributed by atoms with Crippen LogP contribution in [0.25, 0.3) is 5.69 Å². The Balaban J connectivity index is 1.70. The number of halogens is 4. The van der Waals surface area contributed by atoms with Crippen LogP contribution in [0.15, 0.2) is 41.5 Å². The van der Waals surface area contributed by atoms with E-state index in [-0.39, 0.29) is 10.7 Å². The average Bonchev–Trinajstić information content (AvgIpc) is 3.06. The summed E-state index contributed by atoms with van der Waals surface area (Å²) in [4.78, 5) is 13.5. The highest BCUT2D eigenvalue weighted by atomic mass is 35.5. The normalized spacial score (nSPS) is 14.3. The number of rotatable bonds is 2. The van der Waals surface area contributed by atoms with Crippen LogP contribution in [-0.2, 0) is 19.1 Å². The van der Waals surface area contributed by atoms with Crippen molar-refractivity contribution in [3.8, 4) is 5.69 Å². The molecule has 1 aliphatic rings. The third-order valence-electron chi connectivity index (χ3n) is 4.43. The third kappa shape index (κ3) is 3.18. The molecule has 6 nitrogen and oxygen atoms in total. The molecular formula is C17H13ClF3N5O.